The third kappa shape index (κ3) is 5.63. The third-order valence-corrected chi connectivity index (χ3v) is 8.56. The first-order valence-corrected chi connectivity index (χ1v) is 13.5. The Morgan fingerprint density at radius 1 is 1.14 bits per heavy atom. The largest absolute Gasteiger partial charge is 0.493 e. The predicted molar refractivity (Wildman–Crippen MR) is 133 cm³/mol. The molecule has 1 aliphatic rings. The van der Waals surface area contributed by atoms with Gasteiger partial charge in [-0.05, 0) is 62.1 Å². The van der Waals surface area contributed by atoms with Crippen LogP contribution in [-0.2, 0) is 35.0 Å². The Morgan fingerprint density at radius 3 is 2.63 bits per heavy atom. The number of sulfone groups is 1. The highest BCUT2D eigenvalue weighted by Crippen LogP contribution is 2.33. The lowest BCUT2D eigenvalue weighted by molar-refractivity contribution is 0.0972. The first-order chi connectivity index (χ1) is 16.8. The second-order valence-corrected chi connectivity index (χ2v) is 11.7. The van der Waals surface area contributed by atoms with Crippen LogP contribution in [0.5, 0.6) is 5.75 Å². The highest BCUT2D eigenvalue weighted by molar-refractivity contribution is 7.91. The number of nitrogens with zero attached hydrogens (tertiary/aromatic N) is 3. The number of carbonyl (C=O) groups excluding carboxylic acids is 1. The Labute approximate surface area is 206 Å². The summed E-state index contributed by atoms with van der Waals surface area (Å²) in [6.45, 7) is 4.32. The van der Waals surface area contributed by atoms with Crippen LogP contribution in [-0.4, -0.2) is 35.6 Å². The Bertz CT molecular complexity index is 1370. The van der Waals surface area contributed by atoms with Gasteiger partial charge in [-0.3, -0.25) is 4.79 Å². The van der Waals surface area contributed by atoms with Gasteiger partial charge in [0, 0.05) is 42.4 Å². The van der Waals surface area contributed by atoms with Gasteiger partial charge in [0.15, 0.2) is 15.6 Å². The quantitative estimate of drug-likeness (QED) is 0.443. The van der Waals surface area contributed by atoms with Crippen molar-refractivity contribution >= 4 is 15.6 Å². The molecule has 4 rings (SSSR count). The molecule has 3 aromatic rings. The molecule has 0 fully saturated rings. The van der Waals surface area contributed by atoms with Crippen molar-refractivity contribution in [1.29, 1.82) is 5.26 Å². The molecule has 0 unspecified atom stereocenters. The van der Waals surface area contributed by atoms with Gasteiger partial charge < -0.3 is 9.30 Å². The van der Waals surface area contributed by atoms with E-state index in [4.69, 9.17) is 10.00 Å². The number of aromatic nitrogens is 2. The molecule has 0 spiro atoms. The van der Waals surface area contributed by atoms with Crippen molar-refractivity contribution in [2.75, 3.05) is 6.61 Å². The molecule has 0 saturated carbocycles. The average Bonchev–Trinajstić information content (AvgIpc) is 3.27. The molecule has 182 valence electrons. The number of rotatable bonds is 9. The zero-order valence-corrected chi connectivity index (χ0v) is 20.8. The van der Waals surface area contributed by atoms with Crippen LogP contribution in [0.4, 0.5) is 0 Å². The molecule has 8 heteroatoms. The smallest absolute Gasteiger partial charge is 0.163 e. The number of ether oxygens (including phenoxy) is 1. The maximum atomic E-state index is 12.8. The maximum absolute atomic E-state index is 12.8. The summed E-state index contributed by atoms with van der Waals surface area (Å²) in [6.07, 6.45) is 6.04. The number of benzene rings is 2. The molecule has 0 aliphatic heterocycles. The molecule has 0 atom stereocenters. The normalized spacial score (nSPS) is 13.5. The zero-order valence-electron chi connectivity index (χ0n) is 20.0. The number of hydrogen-bond donors (Lipinski definition) is 0. The number of nitriles is 1. The van der Waals surface area contributed by atoms with Crippen LogP contribution in [0.15, 0.2) is 48.9 Å². The van der Waals surface area contributed by atoms with Crippen LogP contribution in [0, 0.1) is 11.3 Å². The van der Waals surface area contributed by atoms with Crippen molar-refractivity contribution in [2.24, 2.45) is 0 Å². The minimum absolute atomic E-state index is 0.0627. The van der Waals surface area contributed by atoms with Gasteiger partial charge in [0.2, 0.25) is 0 Å². The second-order valence-electron chi connectivity index (χ2n) is 9.12. The van der Waals surface area contributed by atoms with Crippen LogP contribution >= 0.6 is 0 Å². The summed E-state index contributed by atoms with van der Waals surface area (Å²) in [6, 6.07) is 13.1. The van der Waals surface area contributed by atoms with E-state index in [0.29, 0.717) is 54.9 Å². The third-order valence-electron chi connectivity index (χ3n) is 6.43. The summed E-state index contributed by atoms with van der Waals surface area (Å²) in [4.78, 5) is 16.7. The van der Waals surface area contributed by atoms with Gasteiger partial charge in [0.05, 0.1) is 35.6 Å². The number of imidazole rings is 1. The molecular weight excluding hydrogens is 462 g/mol. The molecule has 2 aromatic carbocycles. The van der Waals surface area contributed by atoms with Crippen molar-refractivity contribution < 1.29 is 17.9 Å². The summed E-state index contributed by atoms with van der Waals surface area (Å²) >= 11 is 0. The molecule has 0 amide bonds. The van der Waals surface area contributed by atoms with E-state index in [2.05, 4.69) is 11.1 Å². The molecule has 1 aromatic heterocycles. The minimum atomic E-state index is -3.36. The first-order valence-electron chi connectivity index (χ1n) is 11.8. The number of hydrogen-bond acceptors (Lipinski definition) is 6. The van der Waals surface area contributed by atoms with Gasteiger partial charge in [-0.25, -0.2) is 13.4 Å². The summed E-state index contributed by atoms with van der Waals surface area (Å²) < 4.78 is 33.7. The Balaban J connectivity index is 1.51. The summed E-state index contributed by atoms with van der Waals surface area (Å²) in [5, 5.41) is 8.47. The molecule has 0 saturated heterocycles. The van der Waals surface area contributed by atoms with E-state index in [0.717, 1.165) is 23.2 Å². The fraction of sp³-hybridized carbons (Fsp3) is 0.370. The Morgan fingerprint density at radius 2 is 1.91 bits per heavy atom. The summed E-state index contributed by atoms with van der Waals surface area (Å²) in [5.74, 6) is 0.459. The number of ketones is 1. The predicted octanol–water partition coefficient (Wildman–Crippen LogP) is 4.27. The van der Waals surface area contributed by atoms with Crippen molar-refractivity contribution in [3.8, 4) is 11.8 Å². The molecular formula is C27H29N3O4S. The van der Waals surface area contributed by atoms with E-state index < -0.39 is 15.1 Å². The van der Waals surface area contributed by atoms with Crippen LogP contribution in [0.3, 0.4) is 0 Å². The molecule has 0 bridgehead atoms. The van der Waals surface area contributed by atoms with Crippen molar-refractivity contribution in [3.05, 3.63) is 82.4 Å². The number of carbonyl (C=O) groups is 1. The first kappa shape index (κ1) is 24.7. The van der Waals surface area contributed by atoms with Gasteiger partial charge in [-0.1, -0.05) is 12.1 Å². The molecule has 35 heavy (non-hydrogen) atoms. The monoisotopic (exact) mass is 491 g/mol. The Hall–Kier alpha value is -3.44. The van der Waals surface area contributed by atoms with E-state index >= 15 is 0 Å². The Kier molecular flexibility index (Phi) is 7.37. The lowest BCUT2D eigenvalue weighted by Gasteiger charge is -2.22. The van der Waals surface area contributed by atoms with Gasteiger partial charge in [0.1, 0.15) is 5.75 Å². The van der Waals surface area contributed by atoms with Crippen LogP contribution in [0.25, 0.3) is 0 Å². The fourth-order valence-corrected chi connectivity index (χ4v) is 5.34. The molecule has 0 N–H and O–H groups in total. The fourth-order valence-electron chi connectivity index (χ4n) is 4.29. The topological polar surface area (TPSA) is 102 Å². The van der Waals surface area contributed by atoms with Gasteiger partial charge >= 0.3 is 0 Å². The van der Waals surface area contributed by atoms with E-state index in [1.54, 1.807) is 50.6 Å². The van der Waals surface area contributed by atoms with Crippen LogP contribution in [0.2, 0.25) is 0 Å². The van der Waals surface area contributed by atoms with E-state index in [1.165, 1.54) is 0 Å². The van der Waals surface area contributed by atoms with E-state index in [1.807, 2.05) is 16.7 Å². The minimum Gasteiger partial charge on any atom is -0.493 e. The summed E-state index contributed by atoms with van der Waals surface area (Å²) in [7, 11) is -3.36. The lowest BCUT2D eigenvalue weighted by atomic mass is 9.87. The molecule has 0 radical (unpaired) electrons. The molecule has 1 heterocycles. The van der Waals surface area contributed by atoms with Crippen molar-refractivity contribution in [3.63, 3.8) is 0 Å². The highest BCUT2D eigenvalue weighted by atomic mass is 32.2. The van der Waals surface area contributed by atoms with Crippen LogP contribution in [0.1, 0.15) is 65.0 Å². The van der Waals surface area contributed by atoms with E-state index in [-0.39, 0.29) is 11.5 Å². The van der Waals surface area contributed by atoms with Gasteiger partial charge in [-0.15, -0.1) is 0 Å². The van der Waals surface area contributed by atoms with Crippen molar-refractivity contribution in [1.82, 2.24) is 9.55 Å². The van der Waals surface area contributed by atoms with Crippen molar-refractivity contribution in [2.45, 2.75) is 57.1 Å². The standard InChI is InChI=1S/C27H29N3O4S/c1-19(2)35(32,33)17-25-23-4-3-5-26(31)24(23)10-11-27(25)34-13-12-22-15-29-18-30(22)16-21-8-6-20(14-28)7-9-21/h6-11,15,18-19H,3-5,12-13,16-17H2,1-2H3. The molecule has 7 nitrogen and oxygen atoms in total. The molecule has 1 aliphatic carbocycles. The maximum Gasteiger partial charge on any atom is 0.163 e. The number of Topliss-reactive ketones (excluding diaryl/α,β-unsaturated/α-hetero) is 1. The van der Waals surface area contributed by atoms with Gasteiger partial charge in [0.25, 0.3) is 0 Å². The van der Waals surface area contributed by atoms with Crippen LogP contribution < -0.4 is 4.74 Å². The second kappa shape index (κ2) is 10.4. The summed E-state index contributed by atoms with van der Waals surface area (Å²) in [5.41, 5.74) is 4.72. The van der Waals surface area contributed by atoms with Gasteiger partial charge in [-0.2, -0.15) is 5.26 Å². The lowest BCUT2D eigenvalue weighted by Crippen LogP contribution is -2.21. The average molecular weight is 492 g/mol. The number of fused-ring (bicyclic) bond motifs is 1. The highest BCUT2D eigenvalue weighted by Gasteiger charge is 2.27. The zero-order chi connectivity index (χ0) is 25.0. The van der Waals surface area contributed by atoms with E-state index in [9.17, 15) is 13.2 Å². The SMILES string of the molecule is CC(C)S(=O)(=O)Cc1c(OCCc2cncn2Cc2ccc(C#N)cc2)ccc2c1CCCC2=O.